The van der Waals surface area contributed by atoms with Gasteiger partial charge in [-0.1, -0.05) is 48.4 Å². The number of amides is 1. The highest BCUT2D eigenvalue weighted by atomic mass is 35.5. The Kier molecular flexibility index (Phi) is 6.76. The summed E-state index contributed by atoms with van der Waals surface area (Å²) < 4.78 is 5.82. The average molecular weight is 414 g/mol. The zero-order chi connectivity index (χ0) is 20.1. The van der Waals surface area contributed by atoms with Crippen LogP contribution in [0.1, 0.15) is 51.3 Å². The Morgan fingerprint density at radius 2 is 1.89 bits per heavy atom. The number of carbonyl (C=O) groups excluding carboxylic acids is 1. The summed E-state index contributed by atoms with van der Waals surface area (Å²) in [6.07, 6.45) is 0.839. The second-order valence-electron chi connectivity index (χ2n) is 6.86. The van der Waals surface area contributed by atoms with Crippen LogP contribution in [0.4, 0.5) is 0 Å². The lowest BCUT2D eigenvalue weighted by Gasteiger charge is -2.17. The Labute approximate surface area is 175 Å². The van der Waals surface area contributed by atoms with Crippen LogP contribution in [-0.4, -0.2) is 5.91 Å². The Morgan fingerprint density at radius 3 is 2.57 bits per heavy atom. The molecule has 0 saturated carbocycles. The van der Waals surface area contributed by atoms with Gasteiger partial charge in [-0.3, -0.25) is 4.79 Å². The van der Waals surface area contributed by atoms with Crippen molar-refractivity contribution in [3.8, 4) is 5.75 Å². The van der Waals surface area contributed by atoms with E-state index in [-0.39, 0.29) is 11.9 Å². The Morgan fingerprint density at radius 1 is 1.14 bits per heavy atom. The van der Waals surface area contributed by atoms with Gasteiger partial charge in [0.1, 0.15) is 12.4 Å². The average Bonchev–Trinajstić information content (AvgIpc) is 3.17. The van der Waals surface area contributed by atoms with Crippen molar-refractivity contribution in [3.63, 3.8) is 0 Å². The van der Waals surface area contributed by atoms with Crippen molar-refractivity contribution in [2.45, 2.75) is 39.8 Å². The minimum Gasteiger partial charge on any atom is -0.489 e. The molecule has 0 spiro atoms. The van der Waals surface area contributed by atoms with Crippen LogP contribution in [-0.2, 0) is 6.61 Å². The number of benzene rings is 2. The fourth-order valence-corrected chi connectivity index (χ4v) is 3.81. The van der Waals surface area contributed by atoms with E-state index in [0.29, 0.717) is 11.5 Å². The number of aryl methyl sites for hydroxylation is 2. The maximum atomic E-state index is 12.7. The molecular formula is C23H24ClNO2S. The number of thiophene rings is 1. The van der Waals surface area contributed by atoms with Crippen molar-refractivity contribution in [3.05, 3.63) is 86.1 Å². The summed E-state index contributed by atoms with van der Waals surface area (Å²) in [6.45, 7) is 6.50. The van der Waals surface area contributed by atoms with Crippen molar-refractivity contribution < 1.29 is 9.53 Å². The first kappa shape index (κ1) is 20.4. The summed E-state index contributed by atoms with van der Waals surface area (Å²) >= 11 is 7.48. The standard InChI is InChI=1S/C23H24ClNO2S/c1-4-21(18-7-5-15(2)6-8-18)25-23(26)22-12-17(14-28-22)13-27-19-9-10-20(24)16(3)11-19/h5-12,14,21H,4,13H2,1-3H3,(H,25,26). The largest absolute Gasteiger partial charge is 0.489 e. The molecule has 1 heterocycles. The molecule has 0 radical (unpaired) electrons. The van der Waals surface area contributed by atoms with Gasteiger partial charge in [0.25, 0.3) is 5.91 Å². The van der Waals surface area contributed by atoms with Gasteiger partial charge in [0, 0.05) is 10.6 Å². The summed E-state index contributed by atoms with van der Waals surface area (Å²) in [7, 11) is 0. The smallest absolute Gasteiger partial charge is 0.261 e. The van der Waals surface area contributed by atoms with Gasteiger partial charge in [0.2, 0.25) is 0 Å². The van der Waals surface area contributed by atoms with Gasteiger partial charge in [-0.05, 0) is 61.0 Å². The van der Waals surface area contributed by atoms with E-state index in [1.165, 1.54) is 16.9 Å². The molecule has 1 N–H and O–H groups in total. The molecule has 1 aromatic heterocycles. The van der Waals surface area contributed by atoms with Gasteiger partial charge in [-0.25, -0.2) is 0 Å². The molecule has 146 valence electrons. The zero-order valence-corrected chi connectivity index (χ0v) is 17.9. The van der Waals surface area contributed by atoms with Crippen LogP contribution in [0.3, 0.4) is 0 Å². The number of ether oxygens (including phenoxy) is 1. The molecule has 1 atom stereocenters. The summed E-state index contributed by atoms with van der Waals surface area (Å²) in [6, 6.07) is 15.8. The molecule has 5 heteroatoms. The lowest BCUT2D eigenvalue weighted by Crippen LogP contribution is -2.27. The third-order valence-corrected chi connectivity index (χ3v) is 6.01. The van der Waals surface area contributed by atoms with E-state index < -0.39 is 0 Å². The van der Waals surface area contributed by atoms with Crippen molar-refractivity contribution in [1.82, 2.24) is 5.32 Å². The highest BCUT2D eigenvalue weighted by Crippen LogP contribution is 2.24. The fraction of sp³-hybridized carbons (Fsp3) is 0.261. The van der Waals surface area contributed by atoms with Gasteiger partial charge >= 0.3 is 0 Å². The minimum absolute atomic E-state index is 0.00643. The van der Waals surface area contributed by atoms with E-state index in [1.807, 2.05) is 36.6 Å². The van der Waals surface area contributed by atoms with Crippen LogP contribution >= 0.6 is 22.9 Å². The fourth-order valence-electron chi connectivity index (χ4n) is 2.89. The Balaban J connectivity index is 1.61. The molecule has 3 rings (SSSR count). The second-order valence-corrected chi connectivity index (χ2v) is 8.18. The SMILES string of the molecule is CCC(NC(=O)c1cc(COc2ccc(Cl)c(C)c2)cs1)c1ccc(C)cc1. The van der Waals surface area contributed by atoms with E-state index in [4.69, 9.17) is 16.3 Å². The molecular weight excluding hydrogens is 390 g/mol. The van der Waals surface area contributed by atoms with Crippen molar-refractivity contribution in [2.75, 3.05) is 0 Å². The van der Waals surface area contributed by atoms with Crippen molar-refractivity contribution in [1.29, 1.82) is 0 Å². The molecule has 3 aromatic rings. The molecule has 0 aliphatic rings. The van der Waals surface area contributed by atoms with Gasteiger partial charge in [0.05, 0.1) is 10.9 Å². The van der Waals surface area contributed by atoms with E-state index in [2.05, 4.69) is 43.4 Å². The molecule has 28 heavy (non-hydrogen) atoms. The lowest BCUT2D eigenvalue weighted by molar-refractivity contribution is 0.0939. The predicted molar refractivity (Wildman–Crippen MR) is 117 cm³/mol. The first-order chi connectivity index (χ1) is 13.5. The quantitative estimate of drug-likeness (QED) is 0.481. The molecule has 0 fully saturated rings. The number of rotatable bonds is 7. The van der Waals surface area contributed by atoms with E-state index >= 15 is 0 Å². The lowest BCUT2D eigenvalue weighted by atomic mass is 10.0. The number of nitrogens with one attached hydrogen (secondary N) is 1. The molecule has 0 aliphatic carbocycles. The van der Waals surface area contributed by atoms with E-state index in [1.54, 1.807) is 0 Å². The number of halogens is 1. The monoisotopic (exact) mass is 413 g/mol. The summed E-state index contributed by atoms with van der Waals surface area (Å²) in [5.74, 6) is 0.718. The predicted octanol–water partition coefficient (Wildman–Crippen LogP) is 6.48. The van der Waals surface area contributed by atoms with Crippen LogP contribution in [0.15, 0.2) is 53.9 Å². The molecule has 1 amide bonds. The van der Waals surface area contributed by atoms with Gasteiger partial charge in [-0.15, -0.1) is 11.3 Å². The van der Waals surface area contributed by atoms with Crippen LogP contribution in [0.5, 0.6) is 5.75 Å². The van der Waals surface area contributed by atoms with Crippen molar-refractivity contribution in [2.24, 2.45) is 0 Å². The molecule has 0 bridgehead atoms. The highest BCUT2D eigenvalue weighted by molar-refractivity contribution is 7.12. The van der Waals surface area contributed by atoms with Crippen LogP contribution in [0, 0.1) is 13.8 Å². The van der Waals surface area contributed by atoms with Crippen LogP contribution in [0.2, 0.25) is 5.02 Å². The Hall–Kier alpha value is -2.30. The van der Waals surface area contributed by atoms with E-state index in [0.717, 1.165) is 33.9 Å². The topological polar surface area (TPSA) is 38.3 Å². The van der Waals surface area contributed by atoms with Gasteiger partial charge in [-0.2, -0.15) is 0 Å². The molecule has 2 aromatic carbocycles. The minimum atomic E-state index is -0.0500. The molecule has 1 unspecified atom stereocenters. The normalized spacial score (nSPS) is 11.9. The highest BCUT2D eigenvalue weighted by Gasteiger charge is 2.16. The number of hydrogen-bond acceptors (Lipinski definition) is 3. The number of hydrogen-bond donors (Lipinski definition) is 1. The van der Waals surface area contributed by atoms with Crippen molar-refractivity contribution >= 4 is 28.8 Å². The van der Waals surface area contributed by atoms with Gasteiger partial charge in [0.15, 0.2) is 0 Å². The molecule has 3 nitrogen and oxygen atoms in total. The number of carbonyl (C=O) groups is 1. The van der Waals surface area contributed by atoms with Crippen LogP contribution < -0.4 is 10.1 Å². The molecule has 0 saturated heterocycles. The summed E-state index contributed by atoms with van der Waals surface area (Å²) in [5.41, 5.74) is 4.29. The summed E-state index contributed by atoms with van der Waals surface area (Å²) in [5, 5.41) is 5.82. The first-order valence-corrected chi connectivity index (χ1v) is 10.6. The first-order valence-electron chi connectivity index (χ1n) is 9.30. The maximum Gasteiger partial charge on any atom is 0.261 e. The maximum absolute atomic E-state index is 12.7. The third-order valence-electron chi connectivity index (χ3n) is 4.61. The third kappa shape index (κ3) is 5.15. The van der Waals surface area contributed by atoms with Gasteiger partial charge < -0.3 is 10.1 Å². The van der Waals surface area contributed by atoms with Crippen LogP contribution in [0.25, 0.3) is 0 Å². The Bertz CT molecular complexity index is 949. The second kappa shape index (κ2) is 9.26. The molecule has 0 aliphatic heterocycles. The summed E-state index contributed by atoms with van der Waals surface area (Å²) in [4.78, 5) is 13.4. The van der Waals surface area contributed by atoms with E-state index in [9.17, 15) is 4.79 Å². The zero-order valence-electron chi connectivity index (χ0n) is 16.3.